The second-order valence-electron chi connectivity index (χ2n) is 5.48. The van der Waals surface area contributed by atoms with Gasteiger partial charge in [0.15, 0.2) is 0 Å². The highest BCUT2D eigenvalue weighted by Gasteiger charge is 2.35. The van der Waals surface area contributed by atoms with Crippen molar-refractivity contribution >= 4 is 5.69 Å². The van der Waals surface area contributed by atoms with E-state index in [0.717, 1.165) is 13.1 Å². The molecule has 2 nitrogen and oxygen atoms in total. The van der Waals surface area contributed by atoms with Crippen LogP contribution in [0.15, 0.2) is 18.2 Å². The number of benzene rings is 1. The van der Waals surface area contributed by atoms with Crippen LogP contribution in [0.2, 0.25) is 0 Å². The van der Waals surface area contributed by atoms with E-state index in [1.807, 2.05) is 0 Å². The minimum atomic E-state index is -0.180. The van der Waals surface area contributed by atoms with E-state index in [1.165, 1.54) is 25.3 Å². The minimum absolute atomic E-state index is 0.180. The SMILES string of the molecule is CCC1(CC)CCN(Cc2c(N)cccc2F)C1. The van der Waals surface area contributed by atoms with Crippen molar-refractivity contribution in [1.82, 2.24) is 4.90 Å². The molecule has 18 heavy (non-hydrogen) atoms. The van der Waals surface area contributed by atoms with Crippen LogP contribution in [-0.4, -0.2) is 18.0 Å². The molecule has 0 saturated carbocycles. The summed E-state index contributed by atoms with van der Waals surface area (Å²) in [7, 11) is 0. The topological polar surface area (TPSA) is 29.3 Å². The summed E-state index contributed by atoms with van der Waals surface area (Å²) in [5, 5.41) is 0. The number of nitrogens with zero attached hydrogens (tertiary/aromatic N) is 1. The number of hydrogen-bond donors (Lipinski definition) is 1. The summed E-state index contributed by atoms with van der Waals surface area (Å²) < 4.78 is 13.8. The van der Waals surface area contributed by atoms with E-state index in [4.69, 9.17) is 5.73 Å². The second kappa shape index (κ2) is 5.27. The standard InChI is InChI=1S/C15H23FN2/c1-3-15(4-2)8-9-18(11-15)10-12-13(16)6-5-7-14(12)17/h5-7H,3-4,8-11,17H2,1-2H3. The van der Waals surface area contributed by atoms with Gasteiger partial charge < -0.3 is 5.73 Å². The fourth-order valence-electron chi connectivity index (χ4n) is 2.96. The van der Waals surface area contributed by atoms with Crippen molar-refractivity contribution in [2.24, 2.45) is 5.41 Å². The molecule has 1 aromatic rings. The van der Waals surface area contributed by atoms with Crippen molar-refractivity contribution in [3.63, 3.8) is 0 Å². The maximum absolute atomic E-state index is 13.8. The van der Waals surface area contributed by atoms with Gasteiger partial charge in [0, 0.05) is 24.3 Å². The van der Waals surface area contributed by atoms with Crippen molar-refractivity contribution in [3.05, 3.63) is 29.6 Å². The van der Waals surface area contributed by atoms with Gasteiger partial charge in [-0.05, 0) is 43.4 Å². The maximum Gasteiger partial charge on any atom is 0.129 e. The minimum Gasteiger partial charge on any atom is -0.398 e. The lowest BCUT2D eigenvalue weighted by Crippen LogP contribution is -2.26. The highest BCUT2D eigenvalue weighted by atomic mass is 19.1. The van der Waals surface area contributed by atoms with Gasteiger partial charge in [-0.3, -0.25) is 4.90 Å². The summed E-state index contributed by atoms with van der Waals surface area (Å²) in [5.74, 6) is -0.180. The molecule has 2 N–H and O–H groups in total. The first-order chi connectivity index (χ1) is 8.60. The first-order valence-corrected chi connectivity index (χ1v) is 6.85. The number of halogens is 1. The summed E-state index contributed by atoms with van der Waals surface area (Å²) in [5.41, 5.74) is 7.52. The fraction of sp³-hybridized carbons (Fsp3) is 0.600. The number of rotatable bonds is 4. The highest BCUT2D eigenvalue weighted by Crippen LogP contribution is 2.37. The molecule has 0 unspecified atom stereocenters. The van der Waals surface area contributed by atoms with Crippen LogP contribution in [0.4, 0.5) is 10.1 Å². The zero-order valence-corrected chi connectivity index (χ0v) is 11.4. The van der Waals surface area contributed by atoms with Gasteiger partial charge in [-0.25, -0.2) is 4.39 Å². The largest absolute Gasteiger partial charge is 0.398 e. The number of likely N-dealkylation sites (tertiary alicyclic amines) is 1. The molecule has 3 heteroatoms. The number of nitrogens with two attached hydrogens (primary N) is 1. The van der Waals surface area contributed by atoms with E-state index in [2.05, 4.69) is 18.7 Å². The predicted molar refractivity (Wildman–Crippen MR) is 73.7 cm³/mol. The predicted octanol–water partition coefficient (Wildman–Crippen LogP) is 3.42. The van der Waals surface area contributed by atoms with Gasteiger partial charge in [0.25, 0.3) is 0 Å². The monoisotopic (exact) mass is 250 g/mol. The highest BCUT2D eigenvalue weighted by molar-refractivity contribution is 5.47. The lowest BCUT2D eigenvalue weighted by atomic mass is 9.82. The van der Waals surface area contributed by atoms with Crippen molar-refractivity contribution in [1.29, 1.82) is 0 Å². The summed E-state index contributed by atoms with van der Waals surface area (Å²) in [6, 6.07) is 4.94. The molecular weight excluding hydrogens is 227 g/mol. The Balaban J connectivity index is 2.08. The third kappa shape index (κ3) is 2.51. The molecule has 0 radical (unpaired) electrons. The summed E-state index contributed by atoms with van der Waals surface area (Å²) in [4.78, 5) is 2.34. The number of nitrogen functional groups attached to an aromatic ring is 1. The van der Waals surface area contributed by atoms with Crippen LogP contribution in [0.5, 0.6) is 0 Å². The molecule has 0 aliphatic carbocycles. The molecule has 0 aromatic heterocycles. The van der Waals surface area contributed by atoms with Gasteiger partial charge in [0.2, 0.25) is 0 Å². The molecule has 0 amide bonds. The van der Waals surface area contributed by atoms with Crippen LogP contribution in [0, 0.1) is 11.2 Å². The lowest BCUT2D eigenvalue weighted by molar-refractivity contribution is 0.235. The Kier molecular flexibility index (Phi) is 3.91. The summed E-state index contributed by atoms with van der Waals surface area (Å²) >= 11 is 0. The zero-order chi connectivity index (χ0) is 13.2. The Labute approximate surface area is 109 Å². The maximum atomic E-state index is 13.8. The van der Waals surface area contributed by atoms with E-state index >= 15 is 0 Å². The normalized spacial score (nSPS) is 19.3. The molecular formula is C15H23FN2. The number of anilines is 1. The smallest absolute Gasteiger partial charge is 0.129 e. The second-order valence-corrected chi connectivity index (χ2v) is 5.48. The Hall–Kier alpha value is -1.09. The van der Waals surface area contributed by atoms with Crippen molar-refractivity contribution in [2.75, 3.05) is 18.8 Å². The third-order valence-electron chi connectivity index (χ3n) is 4.55. The van der Waals surface area contributed by atoms with Gasteiger partial charge in [0.05, 0.1) is 0 Å². The molecule has 1 aliphatic heterocycles. The Morgan fingerprint density at radius 1 is 1.33 bits per heavy atom. The van der Waals surface area contributed by atoms with E-state index in [9.17, 15) is 4.39 Å². The van der Waals surface area contributed by atoms with Gasteiger partial charge in [-0.15, -0.1) is 0 Å². The molecule has 1 heterocycles. The van der Waals surface area contributed by atoms with Gasteiger partial charge in [0.1, 0.15) is 5.82 Å². The average Bonchev–Trinajstić information content (AvgIpc) is 2.78. The molecule has 2 rings (SSSR count). The lowest BCUT2D eigenvalue weighted by Gasteiger charge is -2.26. The van der Waals surface area contributed by atoms with Crippen molar-refractivity contribution < 1.29 is 4.39 Å². The summed E-state index contributed by atoms with van der Waals surface area (Å²) in [6.45, 7) is 7.26. The van der Waals surface area contributed by atoms with E-state index in [1.54, 1.807) is 12.1 Å². The molecule has 100 valence electrons. The molecule has 0 spiro atoms. The van der Waals surface area contributed by atoms with Crippen molar-refractivity contribution in [2.45, 2.75) is 39.7 Å². The Morgan fingerprint density at radius 2 is 2.06 bits per heavy atom. The van der Waals surface area contributed by atoms with Crippen LogP contribution >= 0.6 is 0 Å². The van der Waals surface area contributed by atoms with Crippen molar-refractivity contribution in [3.8, 4) is 0 Å². The quantitative estimate of drug-likeness (QED) is 0.830. The summed E-state index contributed by atoms with van der Waals surface area (Å²) in [6.07, 6.45) is 3.62. The number of hydrogen-bond acceptors (Lipinski definition) is 2. The van der Waals surface area contributed by atoms with Crippen LogP contribution in [-0.2, 0) is 6.54 Å². The molecule has 1 saturated heterocycles. The van der Waals surface area contributed by atoms with E-state index in [0.29, 0.717) is 23.2 Å². The van der Waals surface area contributed by atoms with E-state index in [-0.39, 0.29) is 5.82 Å². The van der Waals surface area contributed by atoms with Gasteiger partial charge >= 0.3 is 0 Å². The van der Waals surface area contributed by atoms with Gasteiger partial charge in [-0.1, -0.05) is 19.9 Å². The Bertz CT molecular complexity index is 393. The fourth-order valence-corrected chi connectivity index (χ4v) is 2.96. The van der Waals surface area contributed by atoms with Crippen LogP contribution in [0.25, 0.3) is 0 Å². The molecule has 0 atom stereocenters. The van der Waals surface area contributed by atoms with E-state index < -0.39 is 0 Å². The molecule has 1 aromatic carbocycles. The molecule has 1 fully saturated rings. The Morgan fingerprint density at radius 3 is 2.61 bits per heavy atom. The van der Waals surface area contributed by atoms with Crippen LogP contribution < -0.4 is 5.73 Å². The first kappa shape index (κ1) is 13.3. The van der Waals surface area contributed by atoms with Crippen LogP contribution in [0.3, 0.4) is 0 Å². The zero-order valence-electron chi connectivity index (χ0n) is 11.4. The molecule has 0 bridgehead atoms. The molecule has 1 aliphatic rings. The first-order valence-electron chi connectivity index (χ1n) is 6.85. The third-order valence-corrected chi connectivity index (χ3v) is 4.55. The van der Waals surface area contributed by atoms with Gasteiger partial charge in [-0.2, -0.15) is 0 Å². The van der Waals surface area contributed by atoms with Crippen LogP contribution in [0.1, 0.15) is 38.7 Å². The average molecular weight is 250 g/mol.